The van der Waals surface area contributed by atoms with E-state index in [2.05, 4.69) is 22.7 Å². The van der Waals surface area contributed by atoms with Crippen LogP contribution in [0.2, 0.25) is 0 Å². The molecule has 1 aliphatic rings. The van der Waals surface area contributed by atoms with Gasteiger partial charge >= 0.3 is 0 Å². The average molecular weight is 308 g/mol. The van der Waals surface area contributed by atoms with Gasteiger partial charge in [0.2, 0.25) is 0 Å². The Morgan fingerprint density at radius 1 is 1.04 bits per heavy atom. The number of hydrogen-bond donors (Lipinski definition) is 2. The van der Waals surface area contributed by atoms with E-state index in [-0.39, 0.29) is 23.1 Å². The minimum absolute atomic E-state index is 0.0338. The maximum atomic E-state index is 12.2. The number of hydrazone groups is 1. The van der Waals surface area contributed by atoms with Crippen LogP contribution in [0.25, 0.3) is 0 Å². The van der Waals surface area contributed by atoms with Gasteiger partial charge in [-0.15, -0.1) is 0 Å². The predicted molar refractivity (Wildman–Crippen MR) is 90.7 cm³/mol. The van der Waals surface area contributed by atoms with Gasteiger partial charge in [-0.3, -0.25) is 4.79 Å². The van der Waals surface area contributed by atoms with Gasteiger partial charge in [-0.25, -0.2) is 5.43 Å². The van der Waals surface area contributed by atoms with Gasteiger partial charge in [0.1, 0.15) is 5.75 Å². The summed E-state index contributed by atoms with van der Waals surface area (Å²) in [7, 11) is 0. The Morgan fingerprint density at radius 2 is 1.78 bits per heavy atom. The first-order chi connectivity index (χ1) is 11.3. The van der Waals surface area contributed by atoms with Crippen LogP contribution >= 0.6 is 0 Å². The minimum atomic E-state index is -0.381. The highest BCUT2D eigenvalue weighted by Crippen LogP contribution is 2.30. The van der Waals surface area contributed by atoms with E-state index >= 15 is 0 Å². The minimum Gasteiger partial charge on any atom is -0.507 e. The predicted octanol–water partition coefficient (Wildman–Crippen LogP) is 3.84. The Morgan fingerprint density at radius 3 is 2.57 bits per heavy atom. The number of rotatable bonds is 3. The fourth-order valence-corrected chi connectivity index (χ4v) is 3.02. The molecule has 2 aromatic rings. The second-order valence-corrected chi connectivity index (χ2v) is 5.77. The van der Waals surface area contributed by atoms with Gasteiger partial charge in [0.25, 0.3) is 5.91 Å². The van der Waals surface area contributed by atoms with Crippen molar-refractivity contribution in [3.63, 3.8) is 0 Å². The third kappa shape index (κ3) is 3.59. The van der Waals surface area contributed by atoms with Crippen LogP contribution in [-0.4, -0.2) is 16.7 Å². The molecule has 0 spiro atoms. The molecule has 118 valence electrons. The van der Waals surface area contributed by atoms with Crippen LogP contribution in [0.1, 0.15) is 47.5 Å². The van der Waals surface area contributed by atoms with Crippen LogP contribution in [0.4, 0.5) is 0 Å². The van der Waals surface area contributed by atoms with Crippen molar-refractivity contribution in [2.45, 2.75) is 31.6 Å². The van der Waals surface area contributed by atoms with E-state index < -0.39 is 0 Å². The zero-order valence-electron chi connectivity index (χ0n) is 12.9. The van der Waals surface area contributed by atoms with Crippen molar-refractivity contribution in [1.29, 1.82) is 0 Å². The maximum Gasteiger partial charge on any atom is 0.275 e. The smallest absolute Gasteiger partial charge is 0.275 e. The molecule has 1 saturated carbocycles. The number of para-hydroxylation sites is 1. The molecule has 23 heavy (non-hydrogen) atoms. The molecule has 0 aromatic heterocycles. The maximum absolute atomic E-state index is 12.2. The van der Waals surface area contributed by atoms with E-state index in [9.17, 15) is 9.90 Å². The molecule has 1 amide bonds. The van der Waals surface area contributed by atoms with Crippen LogP contribution in [0.3, 0.4) is 0 Å². The molecule has 3 rings (SSSR count). The monoisotopic (exact) mass is 308 g/mol. The van der Waals surface area contributed by atoms with E-state index in [0.717, 1.165) is 25.0 Å². The number of benzene rings is 2. The lowest BCUT2D eigenvalue weighted by molar-refractivity contribution is 0.0952. The second kappa shape index (κ2) is 7.09. The first-order valence-electron chi connectivity index (χ1n) is 7.95. The second-order valence-electron chi connectivity index (χ2n) is 5.77. The average Bonchev–Trinajstić information content (AvgIpc) is 2.61. The summed E-state index contributed by atoms with van der Waals surface area (Å²) < 4.78 is 0. The van der Waals surface area contributed by atoms with E-state index in [0.29, 0.717) is 0 Å². The lowest BCUT2D eigenvalue weighted by Gasteiger charge is -2.24. The number of carbonyl (C=O) groups excluding carboxylic acids is 1. The highest BCUT2D eigenvalue weighted by Gasteiger charge is 2.22. The molecule has 4 heteroatoms. The number of amides is 1. The Balaban J connectivity index is 1.77. The summed E-state index contributed by atoms with van der Waals surface area (Å²) in [6, 6.07) is 16.8. The molecule has 0 saturated heterocycles. The topological polar surface area (TPSA) is 61.7 Å². The van der Waals surface area contributed by atoms with Crippen molar-refractivity contribution in [3.05, 3.63) is 65.7 Å². The molecule has 0 bridgehead atoms. The van der Waals surface area contributed by atoms with Gasteiger partial charge in [-0.1, -0.05) is 48.9 Å². The van der Waals surface area contributed by atoms with Gasteiger partial charge in [-0.2, -0.15) is 5.10 Å². The van der Waals surface area contributed by atoms with Gasteiger partial charge < -0.3 is 5.11 Å². The van der Waals surface area contributed by atoms with E-state index in [1.807, 2.05) is 18.2 Å². The van der Waals surface area contributed by atoms with Gasteiger partial charge in [0.15, 0.2) is 0 Å². The standard InChI is InChI=1S/C19H20N2O2/c22-18-13-7-5-11-16(18)19(23)21-20-17-12-6-4-10-15(17)14-8-2-1-3-9-14/h1-3,5,7-9,11,13,15,22H,4,6,10,12H2,(H,21,23)/b20-17-/t15-/m1/s1. The molecule has 1 atom stereocenters. The zero-order valence-corrected chi connectivity index (χ0v) is 12.9. The van der Waals surface area contributed by atoms with E-state index in [1.165, 1.54) is 18.1 Å². The van der Waals surface area contributed by atoms with E-state index in [1.54, 1.807) is 18.2 Å². The molecule has 1 fully saturated rings. The highest BCUT2D eigenvalue weighted by atomic mass is 16.3. The molecule has 0 unspecified atom stereocenters. The summed E-state index contributed by atoms with van der Waals surface area (Å²) in [6.45, 7) is 0. The number of nitrogens with one attached hydrogen (secondary N) is 1. The third-order valence-corrected chi connectivity index (χ3v) is 4.23. The Bertz CT molecular complexity index is 710. The van der Waals surface area contributed by atoms with Crippen LogP contribution < -0.4 is 5.43 Å². The third-order valence-electron chi connectivity index (χ3n) is 4.23. The first-order valence-corrected chi connectivity index (χ1v) is 7.95. The van der Waals surface area contributed by atoms with Crippen molar-refractivity contribution >= 4 is 11.6 Å². The Hall–Kier alpha value is -2.62. The molecule has 0 heterocycles. The van der Waals surface area contributed by atoms with Gasteiger partial charge in [-0.05, 0) is 37.0 Å². The number of carbonyl (C=O) groups is 1. The molecule has 0 radical (unpaired) electrons. The summed E-state index contributed by atoms with van der Waals surface area (Å²) in [5.41, 5.74) is 5.08. The Kier molecular flexibility index (Phi) is 4.71. The fourth-order valence-electron chi connectivity index (χ4n) is 3.02. The van der Waals surface area contributed by atoms with Gasteiger partial charge in [0.05, 0.1) is 5.56 Å². The first kappa shape index (κ1) is 15.3. The number of nitrogens with zero attached hydrogens (tertiary/aromatic N) is 1. The number of hydrogen-bond acceptors (Lipinski definition) is 3. The highest BCUT2D eigenvalue weighted by molar-refractivity contribution is 5.98. The summed E-state index contributed by atoms with van der Waals surface area (Å²) in [4.78, 5) is 12.2. The number of phenols is 1. The van der Waals surface area contributed by atoms with Crippen LogP contribution in [0.5, 0.6) is 5.75 Å². The van der Waals surface area contributed by atoms with Crippen molar-refractivity contribution in [1.82, 2.24) is 5.43 Å². The van der Waals surface area contributed by atoms with Crippen molar-refractivity contribution in [3.8, 4) is 5.75 Å². The van der Waals surface area contributed by atoms with Crippen LogP contribution in [0, 0.1) is 0 Å². The molecule has 2 aromatic carbocycles. The Labute approximate surface area is 135 Å². The summed E-state index contributed by atoms with van der Waals surface area (Å²) >= 11 is 0. The quantitative estimate of drug-likeness (QED) is 0.846. The zero-order chi connectivity index (χ0) is 16.1. The molecule has 1 aliphatic carbocycles. The van der Waals surface area contributed by atoms with Crippen LogP contribution in [-0.2, 0) is 0 Å². The molecule has 2 N–H and O–H groups in total. The van der Waals surface area contributed by atoms with Crippen LogP contribution in [0.15, 0.2) is 59.7 Å². The van der Waals surface area contributed by atoms with E-state index in [4.69, 9.17) is 0 Å². The molecular weight excluding hydrogens is 288 g/mol. The molecule has 4 nitrogen and oxygen atoms in total. The van der Waals surface area contributed by atoms with Crippen molar-refractivity contribution in [2.75, 3.05) is 0 Å². The largest absolute Gasteiger partial charge is 0.507 e. The SMILES string of the molecule is O=C(N/N=C1/CCCC[C@@H]1c1ccccc1)c1ccccc1O. The number of phenolic OH excluding ortho intramolecular Hbond substituents is 1. The summed E-state index contributed by atoms with van der Waals surface area (Å²) in [5, 5.41) is 14.1. The lowest BCUT2D eigenvalue weighted by Crippen LogP contribution is -2.24. The fraction of sp³-hybridized carbons (Fsp3) is 0.263. The lowest BCUT2D eigenvalue weighted by atomic mass is 9.82. The number of aromatic hydroxyl groups is 1. The summed E-state index contributed by atoms with van der Waals surface area (Å²) in [6.07, 6.45) is 4.20. The summed E-state index contributed by atoms with van der Waals surface area (Å²) in [5.74, 6) is -0.156. The molecule has 0 aliphatic heterocycles. The molecular formula is C19H20N2O2. The van der Waals surface area contributed by atoms with Crippen molar-refractivity contribution < 1.29 is 9.90 Å². The normalized spacial score (nSPS) is 19.5. The van der Waals surface area contributed by atoms with Gasteiger partial charge in [0, 0.05) is 11.6 Å². The van der Waals surface area contributed by atoms with Crippen molar-refractivity contribution in [2.24, 2.45) is 5.10 Å².